The standard InChI is InChI=1S/C33H34F2N2O5/c1-36-30(38)12-5-8-25-21-37(22-31(39)40)33-24(7-4-9-27(25)33)16-13-23-14-17-26(18-15-23)41-19-2-3-20-42-29-11-6-10-28(34)32(29)35/h4,6-7,9-11,13-18,21H,2-3,5,8,12,19-20,22H2,1H3,(H,36,38)(H,39,40)/b16-13+. The normalized spacial score (nSPS) is 11.2. The molecule has 0 unspecified atom stereocenters. The van der Waals surface area contributed by atoms with Crippen molar-refractivity contribution in [2.24, 2.45) is 0 Å². The van der Waals surface area contributed by atoms with E-state index < -0.39 is 17.6 Å². The summed E-state index contributed by atoms with van der Waals surface area (Å²) in [5.74, 6) is -2.24. The molecule has 0 bridgehead atoms. The molecule has 7 nitrogen and oxygen atoms in total. The zero-order valence-electron chi connectivity index (χ0n) is 23.4. The minimum Gasteiger partial charge on any atom is -0.494 e. The predicted octanol–water partition coefficient (Wildman–Crippen LogP) is 6.48. The van der Waals surface area contributed by atoms with Gasteiger partial charge in [0.25, 0.3) is 0 Å². The number of fused-ring (bicyclic) bond motifs is 1. The predicted molar refractivity (Wildman–Crippen MR) is 159 cm³/mol. The van der Waals surface area contributed by atoms with Gasteiger partial charge in [0.1, 0.15) is 12.3 Å². The number of halogens is 2. The molecule has 0 aliphatic heterocycles. The van der Waals surface area contributed by atoms with Gasteiger partial charge in [-0.2, -0.15) is 4.39 Å². The van der Waals surface area contributed by atoms with E-state index in [1.165, 1.54) is 12.1 Å². The molecule has 0 saturated heterocycles. The van der Waals surface area contributed by atoms with Gasteiger partial charge in [-0.05, 0) is 66.6 Å². The molecular formula is C33H34F2N2O5. The highest BCUT2D eigenvalue weighted by Crippen LogP contribution is 2.28. The number of aryl methyl sites for hydroxylation is 1. The average molecular weight is 577 g/mol. The van der Waals surface area contributed by atoms with E-state index in [1.807, 2.05) is 60.8 Å². The van der Waals surface area contributed by atoms with Crippen LogP contribution in [0.2, 0.25) is 0 Å². The molecule has 0 atom stereocenters. The number of hydrogen-bond acceptors (Lipinski definition) is 4. The summed E-state index contributed by atoms with van der Waals surface area (Å²) in [7, 11) is 1.61. The number of carbonyl (C=O) groups is 2. The van der Waals surface area contributed by atoms with E-state index in [0.29, 0.717) is 44.5 Å². The lowest BCUT2D eigenvalue weighted by atomic mass is 10.0. The molecule has 4 aromatic rings. The van der Waals surface area contributed by atoms with Gasteiger partial charge in [0.2, 0.25) is 11.7 Å². The monoisotopic (exact) mass is 576 g/mol. The highest BCUT2D eigenvalue weighted by Gasteiger charge is 2.14. The van der Waals surface area contributed by atoms with Gasteiger partial charge in [-0.1, -0.05) is 48.6 Å². The minimum absolute atomic E-state index is 0.0191. The van der Waals surface area contributed by atoms with Gasteiger partial charge >= 0.3 is 5.97 Å². The molecular weight excluding hydrogens is 542 g/mol. The molecule has 3 aromatic carbocycles. The van der Waals surface area contributed by atoms with Crippen molar-refractivity contribution in [1.82, 2.24) is 9.88 Å². The zero-order valence-corrected chi connectivity index (χ0v) is 23.4. The van der Waals surface area contributed by atoms with Crippen LogP contribution < -0.4 is 14.8 Å². The molecule has 0 fully saturated rings. The lowest BCUT2D eigenvalue weighted by molar-refractivity contribution is -0.137. The third kappa shape index (κ3) is 8.19. The fourth-order valence-corrected chi connectivity index (χ4v) is 4.66. The van der Waals surface area contributed by atoms with Gasteiger partial charge in [-0.25, -0.2) is 4.39 Å². The number of ether oxygens (including phenoxy) is 2. The molecule has 220 valence electrons. The van der Waals surface area contributed by atoms with Crippen molar-refractivity contribution >= 4 is 34.9 Å². The Kier molecular flexibility index (Phi) is 10.7. The van der Waals surface area contributed by atoms with Crippen molar-refractivity contribution in [3.05, 3.63) is 95.2 Å². The molecule has 1 amide bonds. The summed E-state index contributed by atoms with van der Waals surface area (Å²) < 4.78 is 39.7. The van der Waals surface area contributed by atoms with Crippen LogP contribution in [0, 0.1) is 11.6 Å². The summed E-state index contributed by atoms with van der Waals surface area (Å²) in [4.78, 5) is 23.2. The van der Waals surface area contributed by atoms with E-state index in [-0.39, 0.29) is 24.8 Å². The van der Waals surface area contributed by atoms with Crippen molar-refractivity contribution in [3.8, 4) is 11.5 Å². The van der Waals surface area contributed by atoms with E-state index in [0.717, 1.165) is 33.7 Å². The highest BCUT2D eigenvalue weighted by molar-refractivity contribution is 5.94. The number of para-hydroxylation sites is 1. The number of rotatable bonds is 15. The maximum absolute atomic E-state index is 13.6. The molecule has 0 radical (unpaired) electrons. The van der Waals surface area contributed by atoms with Crippen molar-refractivity contribution in [2.45, 2.75) is 38.6 Å². The van der Waals surface area contributed by atoms with E-state index in [1.54, 1.807) is 11.6 Å². The highest BCUT2D eigenvalue weighted by atomic mass is 19.2. The van der Waals surface area contributed by atoms with Gasteiger partial charge < -0.3 is 24.5 Å². The molecule has 9 heteroatoms. The van der Waals surface area contributed by atoms with E-state index in [4.69, 9.17) is 9.47 Å². The number of carboxylic acid groups (broad SMARTS) is 1. The third-order valence-electron chi connectivity index (χ3n) is 6.76. The first-order valence-electron chi connectivity index (χ1n) is 13.9. The molecule has 42 heavy (non-hydrogen) atoms. The Labute approximate surface area is 243 Å². The smallest absolute Gasteiger partial charge is 0.323 e. The minimum atomic E-state index is -0.979. The number of aliphatic carboxylic acids is 1. The molecule has 0 aliphatic rings. The molecule has 1 aromatic heterocycles. The van der Waals surface area contributed by atoms with Crippen LogP contribution in [0.4, 0.5) is 8.78 Å². The molecule has 0 aliphatic carbocycles. The van der Waals surface area contributed by atoms with Crippen molar-refractivity contribution < 1.29 is 33.0 Å². The quantitative estimate of drug-likeness (QED) is 0.125. The van der Waals surface area contributed by atoms with Gasteiger partial charge in [0.05, 0.1) is 18.7 Å². The van der Waals surface area contributed by atoms with Crippen LogP contribution in [0.15, 0.2) is 66.9 Å². The number of carboxylic acids is 1. The number of amides is 1. The summed E-state index contributed by atoms with van der Waals surface area (Å²) >= 11 is 0. The van der Waals surface area contributed by atoms with Crippen LogP contribution in [0.5, 0.6) is 11.5 Å². The SMILES string of the molecule is CNC(=O)CCCc1cn(CC(=O)O)c2c(/C=C/c3ccc(OCCCCOc4cccc(F)c4F)cc3)cccc12. The van der Waals surface area contributed by atoms with Crippen LogP contribution in [-0.4, -0.2) is 41.8 Å². The number of benzene rings is 3. The molecule has 1 heterocycles. The van der Waals surface area contributed by atoms with Crippen molar-refractivity contribution in [3.63, 3.8) is 0 Å². The van der Waals surface area contributed by atoms with E-state index in [2.05, 4.69) is 5.32 Å². The summed E-state index contributed by atoms with van der Waals surface area (Å²) in [6.07, 6.45) is 8.86. The second-order valence-corrected chi connectivity index (χ2v) is 9.80. The Hall–Kier alpha value is -4.66. The first-order valence-corrected chi connectivity index (χ1v) is 13.9. The van der Waals surface area contributed by atoms with Gasteiger partial charge in [0.15, 0.2) is 11.6 Å². The van der Waals surface area contributed by atoms with Crippen LogP contribution in [0.3, 0.4) is 0 Å². The maximum atomic E-state index is 13.6. The Balaban J connectivity index is 1.34. The third-order valence-corrected chi connectivity index (χ3v) is 6.76. The van der Waals surface area contributed by atoms with Crippen LogP contribution in [0.25, 0.3) is 23.1 Å². The zero-order chi connectivity index (χ0) is 29.9. The number of hydrogen-bond donors (Lipinski definition) is 2. The van der Waals surface area contributed by atoms with Crippen LogP contribution >= 0.6 is 0 Å². The molecule has 2 N–H and O–H groups in total. The van der Waals surface area contributed by atoms with Crippen molar-refractivity contribution in [1.29, 1.82) is 0 Å². The number of nitrogens with one attached hydrogen (secondary N) is 1. The Morgan fingerprint density at radius 3 is 2.40 bits per heavy atom. The van der Waals surface area contributed by atoms with Crippen molar-refractivity contribution in [2.75, 3.05) is 20.3 Å². The second-order valence-electron chi connectivity index (χ2n) is 9.80. The lowest BCUT2D eigenvalue weighted by Gasteiger charge is -2.09. The van der Waals surface area contributed by atoms with Gasteiger partial charge in [-0.15, -0.1) is 0 Å². The summed E-state index contributed by atoms with van der Waals surface area (Å²) in [5, 5.41) is 13.1. The largest absolute Gasteiger partial charge is 0.494 e. The van der Waals surface area contributed by atoms with Crippen LogP contribution in [0.1, 0.15) is 42.4 Å². The Morgan fingerprint density at radius 1 is 0.929 bits per heavy atom. The number of carbonyl (C=O) groups excluding carboxylic acids is 1. The Bertz CT molecular complexity index is 1550. The van der Waals surface area contributed by atoms with Crippen LogP contribution in [-0.2, 0) is 22.6 Å². The molecule has 0 spiro atoms. The Morgan fingerprint density at radius 2 is 1.67 bits per heavy atom. The summed E-state index contributed by atoms with van der Waals surface area (Å²) in [6.45, 7) is 0.558. The van der Waals surface area contributed by atoms with E-state index >= 15 is 0 Å². The van der Waals surface area contributed by atoms with Gasteiger partial charge in [-0.3, -0.25) is 9.59 Å². The number of unbranched alkanes of at least 4 members (excludes halogenated alkanes) is 1. The number of aromatic nitrogens is 1. The summed E-state index contributed by atoms with van der Waals surface area (Å²) in [6, 6.07) is 17.3. The first kappa shape index (κ1) is 30.3. The maximum Gasteiger partial charge on any atom is 0.323 e. The first-order chi connectivity index (χ1) is 20.4. The number of nitrogens with zero attached hydrogens (tertiary/aromatic N) is 1. The fraction of sp³-hybridized carbons (Fsp3) is 0.273. The van der Waals surface area contributed by atoms with Gasteiger partial charge in [0, 0.05) is 25.1 Å². The average Bonchev–Trinajstić information content (AvgIpc) is 3.33. The second kappa shape index (κ2) is 14.8. The fourth-order valence-electron chi connectivity index (χ4n) is 4.66. The summed E-state index contributed by atoms with van der Waals surface area (Å²) in [5.41, 5.74) is 3.70. The molecule has 4 rings (SSSR count). The topological polar surface area (TPSA) is 89.8 Å². The lowest BCUT2D eigenvalue weighted by Crippen LogP contribution is -2.17. The molecule has 0 saturated carbocycles. The van der Waals surface area contributed by atoms with E-state index in [9.17, 15) is 23.5 Å².